The molecule has 9 heteroatoms. The molecule has 0 saturated carbocycles. The van der Waals surface area contributed by atoms with Gasteiger partial charge in [-0.15, -0.1) is 0 Å². The van der Waals surface area contributed by atoms with Crippen LogP contribution in [0.2, 0.25) is 0 Å². The minimum Gasteiger partial charge on any atom is -0.486 e. The summed E-state index contributed by atoms with van der Waals surface area (Å²) in [7, 11) is 2.45. The quantitative estimate of drug-likeness (QED) is 0.633. The molecule has 0 atom stereocenters. The Labute approximate surface area is 179 Å². The Balaban J connectivity index is 1.53. The Morgan fingerprint density at radius 2 is 1.55 bits per heavy atom. The van der Waals surface area contributed by atoms with Crippen LogP contribution in [0.4, 0.5) is 0 Å². The molecule has 1 amide bonds. The molecule has 1 aliphatic heterocycles. The summed E-state index contributed by atoms with van der Waals surface area (Å²) in [6, 6.07) is 9.77. The minimum atomic E-state index is -0.639. The van der Waals surface area contributed by atoms with E-state index in [0.717, 1.165) is 5.56 Å². The minimum absolute atomic E-state index is 0.111. The molecular formula is C22H23NO8. The lowest BCUT2D eigenvalue weighted by Gasteiger charge is -2.18. The van der Waals surface area contributed by atoms with Gasteiger partial charge >= 0.3 is 11.9 Å². The highest BCUT2D eigenvalue weighted by Gasteiger charge is 2.15. The maximum atomic E-state index is 12.1. The summed E-state index contributed by atoms with van der Waals surface area (Å²) in [5.74, 6) is -0.0388. The zero-order valence-electron chi connectivity index (χ0n) is 17.3. The van der Waals surface area contributed by atoms with E-state index in [-0.39, 0.29) is 29.4 Å². The molecule has 2 aromatic rings. The lowest BCUT2D eigenvalue weighted by atomic mass is 10.1. The van der Waals surface area contributed by atoms with Crippen molar-refractivity contribution in [1.82, 2.24) is 5.32 Å². The molecule has 1 aliphatic rings. The van der Waals surface area contributed by atoms with Gasteiger partial charge in [-0.05, 0) is 42.3 Å². The molecule has 0 bridgehead atoms. The number of ether oxygens (including phenoxy) is 5. The van der Waals surface area contributed by atoms with Crippen LogP contribution in [0.15, 0.2) is 36.4 Å². The van der Waals surface area contributed by atoms with Crippen LogP contribution in [-0.2, 0) is 20.7 Å². The van der Waals surface area contributed by atoms with Crippen LogP contribution < -0.4 is 19.5 Å². The van der Waals surface area contributed by atoms with Gasteiger partial charge in [-0.1, -0.05) is 6.07 Å². The molecule has 0 fully saturated rings. The highest BCUT2D eigenvalue weighted by molar-refractivity contribution is 5.96. The molecule has 0 unspecified atom stereocenters. The van der Waals surface area contributed by atoms with Crippen LogP contribution in [0.3, 0.4) is 0 Å². The van der Waals surface area contributed by atoms with Crippen LogP contribution in [-0.4, -0.2) is 58.4 Å². The van der Waals surface area contributed by atoms with Crippen LogP contribution >= 0.6 is 0 Å². The first-order valence-corrected chi connectivity index (χ1v) is 9.60. The maximum absolute atomic E-state index is 12.1. The van der Waals surface area contributed by atoms with Crippen molar-refractivity contribution < 1.29 is 38.1 Å². The van der Waals surface area contributed by atoms with Crippen LogP contribution in [0.5, 0.6) is 17.2 Å². The summed E-state index contributed by atoms with van der Waals surface area (Å²) >= 11 is 0. The smallest absolute Gasteiger partial charge is 0.338 e. The van der Waals surface area contributed by atoms with E-state index in [1.165, 1.54) is 32.4 Å². The Bertz CT molecular complexity index is 938. The van der Waals surface area contributed by atoms with Gasteiger partial charge in [0.1, 0.15) is 19.0 Å². The molecule has 9 nitrogen and oxygen atoms in total. The largest absolute Gasteiger partial charge is 0.486 e. The summed E-state index contributed by atoms with van der Waals surface area (Å²) < 4.78 is 25.8. The first kappa shape index (κ1) is 21.9. The van der Waals surface area contributed by atoms with Crippen molar-refractivity contribution in [2.75, 3.05) is 40.6 Å². The van der Waals surface area contributed by atoms with Crippen molar-refractivity contribution in [2.45, 2.75) is 6.42 Å². The molecule has 0 saturated heterocycles. The van der Waals surface area contributed by atoms with Crippen molar-refractivity contribution in [3.8, 4) is 17.2 Å². The lowest BCUT2D eigenvalue weighted by Crippen LogP contribution is -2.30. The average Bonchev–Trinajstić information content (AvgIpc) is 2.81. The van der Waals surface area contributed by atoms with Gasteiger partial charge in [0, 0.05) is 6.54 Å². The summed E-state index contributed by atoms with van der Waals surface area (Å²) in [6.07, 6.45) is 0.604. The zero-order valence-corrected chi connectivity index (χ0v) is 17.3. The van der Waals surface area contributed by atoms with E-state index in [4.69, 9.17) is 14.2 Å². The normalized spacial score (nSPS) is 11.9. The number of amides is 1. The fourth-order valence-corrected chi connectivity index (χ4v) is 2.94. The molecule has 3 rings (SSSR count). The fraction of sp³-hybridized carbons (Fsp3) is 0.318. The van der Waals surface area contributed by atoms with Gasteiger partial charge in [0.25, 0.3) is 5.91 Å². The van der Waals surface area contributed by atoms with Gasteiger partial charge in [-0.2, -0.15) is 0 Å². The van der Waals surface area contributed by atoms with Gasteiger partial charge in [0.05, 0.1) is 25.3 Å². The van der Waals surface area contributed by atoms with Gasteiger partial charge in [0.15, 0.2) is 18.1 Å². The number of carbonyl (C=O) groups is 3. The van der Waals surface area contributed by atoms with Crippen molar-refractivity contribution in [3.05, 3.63) is 53.1 Å². The van der Waals surface area contributed by atoms with E-state index in [0.29, 0.717) is 37.7 Å². The van der Waals surface area contributed by atoms with Gasteiger partial charge in [0.2, 0.25) is 0 Å². The molecule has 2 aromatic carbocycles. The monoisotopic (exact) mass is 429 g/mol. The highest BCUT2D eigenvalue weighted by Crippen LogP contribution is 2.30. The SMILES string of the molecule is COC(=O)c1cc(OCC(=O)NCCc2ccc3c(c2)OCCO3)cc(C(=O)OC)c1. The van der Waals surface area contributed by atoms with Crippen LogP contribution in [0.25, 0.3) is 0 Å². The summed E-state index contributed by atoms with van der Waals surface area (Å²) in [5.41, 5.74) is 1.22. The number of fused-ring (bicyclic) bond motifs is 1. The molecular weight excluding hydrogens is 406 g/mol. The van der Waals surface area contributed by atoms with Gasteiger partial charge in [-0.25, -0.2) is 9.59 Å². The summed E-state index contributed by atoms with van der Waals surface area (Å²) in [4.78, 5) is 35.7. The molecule has 0 aromatic heterocycles. The number of nitrogens with one attached hydrogen (secondary N) is 1. The van der Waals surface area contributed by atoms with E-state index in [2.05, 4.69) is 14.8 Å². The second kappa shape index (κ2) is 10.3. The van der Waals surface area contributed by atoms with E-state index in [1.54, 1.807) is 0 Å². The molecule has 31 heavy (non-hydrogen) atoms. The van der Waals surface area contributed by atoms with E-state index in [9.17, 15) is 14.4 Å². The second-order valence-corrected chi connectivity index (χ2v) is 6.60. The second-order valence-electron chi connectivity index (χ2n) is 6.60. The van der Waals surface area contributed by atoms with E-state index < -0.39 is 11.9 Å². The zero-order chi connectivity index (χ0) is 22.2. The average molecular weight is 429 g/mol. The van der Waals surface area contributed by atoms with Crippen LogP contribution in [0, 0.1) is 0 Å². The Morgan fingerprint density at radius 3 is 2.19 bits per heavy atom. The Kier molecular flexibility index (Phi) is 7.31. The fourth-order valence-electron chi connectivity index (χ4n) is 2.94. The first-order chi connectivity index (χ1) is 15.0. The molecule has 0 radical (unpaired) electrons. The Hall–Kier alpha value is -3.75. The third-order valence-corrected chi connectivity index (χ3v) is 4.46. The number of esters is 2. The predicted octanol–water partition coefficient (Wildman–Crippen LogP) is 1.77. The van der Waals surface area contributed by atoms with Crippen molar-refractivity contribution in [1.29, 1.82) is 0 Å². The lowest BCUT2D eigenvalue weighted by molar-refractivity contribution is -0.123. The van der Waals surface area contributed by atoms with E-state index in [1.807, 2.05) is 18.2 Å². The third kappa shape index (κ3) is 5.88. The van der Waals surface area contributed by atoms with Gasteiger partial charge in [-0.3, -0.25) is 4.79 Å². The number of hydrogen-bond acceptors (Lipinski definition) is 8. The van der Waals surface area contributed by atoms with Gasteiger partial charge < -0.3 is 29.0 Å². The standard InChI is InChI=1S/C22H23NO8/c1-27-21(25)15-10-16(22(26)28-2)12-17(11-15)31-13-20(24)23-6-5-14-3-4-18-19(9-14)30-8-7-29-18/h3-4,9-12H,5-8,13H2,1-2H3,(H,23,24). The van der Waals surface area contributed by atoms with Crippen molar-refractivity contribution in [2.24, 2.45) is 0 Å². The number of benzene rings is 2. The maximum Gasteiger partial charge on any atom is 0.338 e. The number of hydrogen-bond donors (Lipinski definition) is 1. The van der Waals surface area contributed by atoms with Crippen molar-refractivity contribution >= 4 is 17.8 Å². The third-order valence-electron chi connectivity index (χ3n) is 4.46. The number of rotatable bonds is 8. The number of methoxy groups -OCH3 is 2. The molecule has 1 N–H and O–H groups in total. The predicted molar refractivity (Wildman–Crippen MR) is 109 cm³/mol. The first-order valence-electron chi connectivity index (χ1n) is 9.60. The number of carbonyl (C=O) groups excluding carboxylic acids is 3. The highest BCUT2D eigenvalue weighted by atomic mass is 16.6. The Morgan fingerprint density at radius 1 is 0.903 bits per heavy atom. The summed E-state index contributed by atoms with van der Waals surface area (Å²) in [6.45, 7) is 1.16. The topological polar surface area (TPSA) is 109 Å². The van der Waals surface area contributed by atoms with Crippen molar-refractivity contribution in [3.63, 3.8) is 0 Å². The molecule has 0 aliphatic carbocycles. The molecule has 0 spiro atoms. The summed E-state index contributed by atoms with van der Waals surface area (Å²) in [5, 5.41) is 2.76. The van der Waals surface area contributed by atoms with E-state index >= 15 is 0 Å². The van der Waals surface area contributed by atoms with Crippen LogP contribution in [0.1, 0.15) is 26.3 Å². The molecule has 164 valence electrons. The molecule has 1 heterocycles.